The second-order valence-corrected chi connectivity index (χ2v) is 3.72. The largest absolute Gasteiger partial charge is 0.470 e. The average Bonchev–Trinajstić information content (AvgIpc) is 2.28. The standard InChI is InChI=1S/C10H16N4O4/c1-7(2)18-10-8(14(15)16)9(12-6-13-10)11-4-5-17-3/h6-7H,4-5H2,1-3H3,(H,11,12,13). The zero-order valence-corrected chi connectivity index (χ0v) is 10.5. The van der Waals surface area contributed by atoms with Crippen molar-refractivity contribution in [1.82, 2.24) is 9.97 Å². The van der Waals surface area contributed by atoms with E-state index in [1.807, 2.05) is 0 Å². The monoisotopic (exact) mass is 256 g/mol. The third kappa shape index (κ3) is 3.81. The van der Waals surface area contributed by atoms with Crippen LogP contribution in [0.2, 0.25) is 0 Å². The molecule has 0 aliphatic carbocycles. The highest BCUT2D eigenvalue weighted by atomic mass is 16.6. The number of hydrogen-bond acceptors (Lipinski definition) is 7. The summed E-state index contributed by atoms with van der Waals surface area (Å²) in [5, 5.41) is 13.8. The number of aromatic nitrogens is 2. The van der Waals surface area contributed by atoms with E-state index in [1.165, 1.54) is 6.33 Å². The first-order chi connectivity index (χ1) is 8.56. The fourth-order valence-corrected chi connectivity index (χ4v) is 1.24. The van der Waals surface area contributed by atoms with Crippen molar-refractivity contribution in [2.45, 2.75) is 20.0 Å². The van der Waals surface area contributed by atoms with Crippen LogP contribution in [0.15, 0.2) is 6.33 Å². The molecule has 0 aliphatic rings. The Kier molecular flexibility index (Phi) is 5.25. The Morgan fingerprint density at radius 3 is 2.78 bits per heavy atom. The number of hydrogen-bond donors (Lipinski definition) is 1. The third-order valence-electron chi connectivity index (χ3n) is 1.92. The van der Waals surface area contributed by atoms with E-state index >= 15 is 0 Å². The van der Waals surface area contributed by atoms with E-state index in [4.69, 9.17) is 9.47 Å². The quantitative estimate of drug-likeness (QED) is 0.445. The van der Waals surface area contributed by atoms with E-state index in [0.29, 0.717) is 13.2 Å². The molecule has 1 heterocycles. The van der Waals surface area contributed by atoms with Crippen molar-refractivity contribution in [3.05, 3.63) is 16.4 Å². The summed E-state index contributed by atoms with van der Waals surface area (Å²) >= 11 is 0. The van der Waals surface area contributed by atoms with Gasteiger partial charge in [-0.3, -0.25) is 10.1 Å². The van der Waals surface area contributed by atoms with Gasteiger partial charge in [-0.1, -0.05) is 0 Å². The molecular formula is C10H16N4O4. The number of methoxy groups -OCH3 is 1. The maximum Gasteiger partial charge on any atom is 0.372 e. The van der Waals surface area contributed by atoms with Crippen molar-refractivity contribution in [3.8, 4) is 5.88 Å². The van der Waals surface area contributed by atoms with Gasteiger partial charge in [0.1, 0.15) is 6.33 Å². The Morgan fingerprint density at radius 1 is 1.50 bits per heavy atom. The van der Waals surface area contributed by atoms with Crippen molar-refractivity contribution in [1.29, 1.82) is 0 Å². The second kappa shape index (κ2) is 6.70. The van der Waals surface area contributed by atoms with Crippen molar-refractivity contribution < 1.29 is 14.4 Å². The normalized spacial score (nSPS) is 10.4. The van der Waals surface area contributed by atoms with Gasteiger partial charge in [-0.05, 0) is 13.8 Å². The van der Waals surface area contributed by atoms with Gasteiger partial charge < -0.3 is 14.8 Å². The minimum Gasteiger partial charge on any atom is -0.470 e. The lowest BCUT2D eigenvalue weighted by molar-refractivity contribution is -0.385. The Balaban J connectivity index is 2.98. The lowest BCUT2D eigenvalue weighted by Crippen LogP contribution is -2.14. The molecule has 1 aromatic heterocycles. The molecule has 0 fully saturated rings. The summed E-state index contributed by atoms with van der Waals surface area (Å²) in [4.78, 5) is 18.1. The van der Waals surface area contributed by atoms with E-state index in [0.717, 1.165) is 0 Å². The Hall–Kier alpha value is -1.96. The number of ether oxygens (including phenoxy) is 2. The molecule has 0 aliphatic heterocycles. The third-order valence-corrected chi connectivity index (χ3v) is 1.92. The van der Waals surface area contributed by atoms with Crippen LogP contribution in [0.5, 0.6) is 5.88 Å². The molecule has 0 bridgehead atoms. The maximum absolute atomic E-state index is 11.0. The van der Waals surface area contributed by atoms with Crippen LogP contribution >= 0.6 is 0 Å². The Bertz CT molecular complexity index is 411. The molecular weight excluding hydrogens is 240 g/mol. The van der Waals surface area contributed by atoms with Gasteiger partial charge in [-0.25, -0.2) is 4.98 Å². The lowest BCUT2D eigenvalue weighted by atomic mass is 10.4. The molecule has 8 heteroatoms. The summed E-state index contributed by atoms with van der Waals surface area (Å²) in [5.74, 6) is 0.0904. The van der Waals surface area contributed by atoms with E-state index in [9.17, 15) is 10.1 Å². The first kappa shape index (κ1) is 14.1. The number of nitrogens with one attached hydrogen (secondary N) is 1. The summed E-state index contributed by atoms with van der Waals surface area (Å²) in [7, 11) is 1.55. The fraction of sp³-hybridized carbons (Fsp3) is 0.600. The molecule has 18 heavy (non-hydrogen) atoms. The predicted molar refractivity (Wildman–Crippen MR) is 64.8 cm³/mol. The van der Waals surface area contributed by atoms with Crippen LogP contribution in [-0.2, 0) is 4.74 Å². The van der Waals surface area contributed by atoms with Gasteiger partial charge >= 0.3 is 5.69 Å². The minimum atomic E-state index is -0.563. The SMILES string of the molecule is COCCNc1ncnc(OC(C)C)c1[N+](=O)[O-]. The maximum atomic E-state index is 11.0. The van der Waals surface area contributed by atoms with Gasteiger partial charge in [0.15, 0.2) is 0 Å². The number of rotatable bonds is 7. The van der Waals surface area contributed by atoms with Crippen LogP contribution < -0.4 is 10.1 Å². The van der Waals surface area contributed by atoms with Gasteiger partial charge in [-0.15, -0.1) is 0 Å². The molecule has 0 aromatic carbocycles. The van der Waals surface area contributed by atoms with Gasteiger partial charge in [0.2, 0.25) is 5.82 Å². The Morgan fingerprint density at radius 2 is 2.22 bits per heavy atom. The highest BCUT2D eigenvalue weighted by Crippen LogP contribution is 2.31. The molecule has 1 aromatic rings. The number of nitro groups is 1. The van der Waals surface area contributed by atoms with Crippen molar-refractivity contribution >= 4 is 11.5 Å². The van der Waals surface area contributed by atoms with Crippen LogP contribution in [0.1, 0.15) is 13.8 Å². The topological polar surface area (TPSA) is 99.4 Å². The van der Waals surface area contributed by atoms with Gasteiger partial charge in [-0.2, -0.15) is 4.98 Å². The summed E-state index contributed by atoms with van der Waals surface area (Å²) < 4.78 is 10.1. The van der Waals surface area contributed by atoms with E-state index in [-0.39, 0.29) is 23.5 Å². The molecule has 0 unspecified atom stereocenters. The molecule has 100 valence electrons. The molecule has 0 saturated carbocycles. The predicted octanol–water partition coefficient (Wildman–Crippen LogP) is 1.23. The first-order valence-corrected chi connectivity index (χ1v) is 5.45. The molecule has 1 rings (SSSR count). The molecule has 0 atom stereocenters. The summed E-state index contributed by atoms with van der Waals surface area (Å²) in [6.45, 7) is 4.37. The first-order valence-electron chi connectivity index (χ1n) is 5.45. The van der Waals surface area contributed by atoms with Crippen molar-refractivity contribution in [2.75, 3.05) is 25.6 Å². The summed E-state index contributed by atoms with van der Waals surface area (Å²) in [5.41, 5.74) is -0.262. The smallest absolute Gasteiger partial charge is 0.372 e. The highest BCUT2D eigenvalue weighted by Gasteiger charge is 2.24. The van der Waals surface area contributed by atoms with Crippen molar-refractivity contribution in [3.63, 3.8) is 0 Å². The van der Waals surface area contributed by atoms with Crippen LogP contribution in [0.3, 0.4) is 0 Å². The molecule has 0 amide bonds. The van der Waals surface area contributed by atoms with Crippen LogP contribution in [-0.4, -0.2) is 41.3 Å². The number of anilines is 1. The summed E-state index contributed by atoms with van der Waals surface area (Å²) in [6.07, 6.45) is 1.02. The van der Waals surface area contributed by atoms with E-state index < -0.39 is 4.92 Å². The van der Waals surface area contributed by atoms with Crippen LogP contribution in [0, 0.1) is 10.1 Å². The number of nitrogens with zero attached hydrogens (tertiary/aromatic N) is 3. The summed E-state index contributed by atoms with van der Waals surface area (Å²) in [6, 6.07) is 0. The molecule has 0 radical (unpaired) electrons. The fourth-order valence-electron chi connectivity index (χ4n) is 1.24. The van der Waals surface area contributed by atoms with E-state index in [1.54, 1.807) is 21.0 Å². The molecule has 0 spiro atoms. The van der Waals surface area contributed by atoms with Gasteiger partial charge in [0.05, 0.1) is 17.6 Å². The highest BCUT2D eigenvalue weighted by molar-refractivity contribution is 5.61. The second-order valence-electron chi connectivity index (χ2n) is 3.72. The zero-order valence-electron chi connectivity index (χ0n) is 10.5. The lowest BCUT2D eigenvalue weighted by Gasteiger charge is -2.11. The molecule has 8 nitrogen and oxygen atoms in total. The Labute approximate surface area is 104 Å². The van der Waals surface area contributed by atoms with Gasteiger partial charge in [0.25, 0.3) is 5.88 Å². The van der Waals surface area contributed by atoms with Crippen LogP contribution in [0.4, 0.5) is 11.5 Å². The van der Waals surface area contributed by atoms with Gasteiger partial charge in [0, 0.05) is 13.7 Å². The van der Waals surface area contributed by atoms with Crippen molar-refractivity contribution in [2.24, 2.45) is 0 Å². The molecule has 1 N–H and O–H groups in total. The zero-order chi connectivity index (χ0) is 13.5. The minimum absolute atomic E-state index is 0.0371. The van der Waals surface area contributed by atoms with Crippen LogP contribution in [0.25, 0.3) is 0 Å². The average molecular weight is 256 g/mol. The molecule has 0 saturated heterocycles. The van der Waals surface area contributed by atoms with E-state index in [2.05, 4.69) is 15.3 Å².